The Balaban J connectivity index is 2.98. The molecule has 0 amide bonds. The molecule has 2 rings (SSSR count). The second-order valence-electron chi connectivity index (χ2n) is 3.71. The normalized spacial score (nSPS) is 10.9. The Kier molecular flexibility index (Phi) is 2.43. The summed E-state index contributed by atoms with van der Waals surface area (Å²) in [7, 11) is 2.01. The molecule has 1 heterocycles. The summed E-state index contributed by atoms with van der Waals surface area (Å²) < 4.78 is 3.11. The number of carbonyl (C=O) groups excluding carboxylic acids is 1. The van der Waals surface area contributed by atoms with Crippen LogP contribution in [0.4, 0.5) is 0 Å². The van der Waals surface area contributed by atoms with Gasteiger partial charge in [-0.15, -0.1) is 0 Å². The molecule has 1 aromatic carbocycles. The SMILES string of the molecule is CC(=O)c1cccc2c1c(Br)c(C)n2C. The van der Waals surface area contributed by atoms with E-state index in [-0.39, 0.29) is 5.78 Å². The summed E-state index contributed by atoms with van der Waals surface area (Å²) in [6.07, 6.45) is 0. The van der Waals surface area contributed by atoms with Crippen LogP contribution in [0.1, 0.15) is 23.0 Å². The second-order valence-corrected chi connectivity index (χ2v) is 4.51. The topological polar surface area (TPSA) is 22.0 Å². The molecule has 15 heavy (non-hydrogen) atoms. The Labute approximate surface area is 97.0 Å². The fourth-order valence-electron chi connectivity index (χ4n) is 1.85. The molecule has 0 fully saturated rings. The van der Waals surface area contributed by atoms with Crippen LogP contribution in [0.25, 0.3) is 10.9 Å². The lowest BCUT2D eigenvalue weighted by atomic mass is 10.1. The van der Waals surface area contributed by atoms with E-state index in [1.165, 1.54) is 0 Å². The van der Waals surface area contributed by atoms with Crippen LogP contribution in [0.5, 0.6) is 0 Å². The van der Waals surface area contributed by atoms with Gasteiger partial charge in [0.05, 0.1) is 0 Å². The largest absolute Gasteiger partial charge is 0.347 e. The van der Waals surface area contributed by atoms with Crippen LogP contribution in [0.3, 0.4) is 0 Å². The molecule has 2 nitrogen and oxygen atoms in total. The number of rotatable bonds is 1. The summed E-state index contributed by atoms with van der Waals surface area (Å²) >= 11 is 3.55. The third kappa shape index (κ3) is 1.42. The summed E-state index contributed by atoms with van der Waals surface area (Å²) in [6, 6.07) is 5.82. The zero-order valence-corrected chi connectivity index (χ0v) is 10.6. The van der Waals surface area contributed by atoms with E-state index < -0.39 is 0 Å². The highest BCUT2D eigenvalue weighted by molar-refractivity contribution is 9.10. The Morgan fingerprint density at radius 1 is 1.40 bits per heavy atom. The third-order valence-electron chi connectivity index (χ3n) is 2.82. The lowest BCUT2D eigenvalue weighted by Crippen LogP contribution is -1.93. The van der Waals surface area contributed by atoms with E-state index in [4.69, 9.17) is 0 Å². The molecular weight excluding hydrogens is 254 g/mol. The highest BCUT2D eigenvalue weighted by Crippen LogP contribution is 2.32. The highest BCUT2D eigenvalue weighted by Gasteiger charge is 2.14. The van der Waals surface area contributed by atoms with E-state index in [0.717, 1.165) is 26.6 Å². The molecule has 0 saturated heterocycles. The lowest BCUT2D eigenvalue weighted by molar-refractivity contribution is 0.101. The monoisotopic (exact) mass is 265 g/mol. The Morgan fingerprint density at radius 2 is 2.07 bits per heavy atom. The predicted molar refractivity (Wildman–Crippen MR) is 65.4 cm³/mol. The van der Waals surface area contributed by atoms with E-state index in [1.54, 1.807) is 6.92 Å². The van der Waals surface area contributed by atoms with Gasteiger partial charge in [0.15, 0.2) is 5.78 Å². The van der Waals surface area contributed by atoms with Crippen molar-refractivity contribution in [3.8, 4) is 0 Å². The van der Waals surface area contributed by atoms with Gasteiger partial charge in [-0.25, -0.2) is 0 Å². The van der Waals surface area contributed by atoms with Gasteiger partial charge in [-0.2, -0.15) is 0 Å². The first-order valence-corrected chi connectivity index (χ1v) is 5.57. The molecule has 2 aromatic rings. The van der Waals surface area contributed by atoms with Gasteiger partial charge < -0.3 is 4.57 Å². The van der Waals surface area contributed by atoms with E-state index in [9.17, 15) is 4.79 Å². The first-order chi connectivity index (χ1) is 7.04. The number of nitrogens with zero attached hydrogens (tertiary/aromatic N) is 1. The van der Waals surface area contributed by atoms with Crippen LogP contribution < -0.4 is 0 Å². The minimum absolute atomic E-state index is 0.104. The standard InChI is InChI=1S/C12H12BrNO/c1-7-12(13)11-9(8(2)15)5-4-6-10(11)14(7)3/h4-6H,1-3H3. The minimum Gasteiger partial charge on any atom is -0.347 e. The van der Waals surface area contributed by atoms with Crippen molar-refractivity contribution < 1.29 is 4.79 Å². The quantitative estimate of drug-likeness (QED) is 0.724. The number of aromatic nitrogens is 1. The molecule has 0 bridgehead atoms. The lowest BCUT2D eigenvalue weighted by Gasteiger charge is -2.00. The number of aryl methyl sites for hydroxylation is 1. The molecule has 0 N–H and O–H groups in total. The Morgan fingerprint density at radius 3 is 2.67 bits per heavy atom. The molecule has 0 unspecified atom stereocenters. The molecular formula is C12H12BrNO. The number of Topliss-reactive ketones (excluding diaryl/α,β-unsaturated/α-hetero) is 1. The molecule has 3 heteroatoms. The van der Waals surface area contributed by atoms with E-state index in [1.807, 2.05) is 32.2 Å². The van der Waals surface area contributed by atoms with Crippen LogP contribution in [-0.4, -0.2) is 10.4 Å². The van der Waals surface area contributed by atoms with E-state index in [2.05, 4.69) is 20.5 Å². The maximum absolute atomic E-state index is 11.5. The van der Waals surface area contributed by atoms with E-state index in [0.29, 0.717) is 0 Å². The van der Waals surface area contributed by atoms with Crippen molar-refractivity contribution in [1.29, 1.82) is 0 Å². The maximum Gasteiger partial charge on any atom is 0.160 e. The van der Waals surface area contributed by atoms with Crippen LogP contribution in [0, 0.1) is 6.92 Å². The zero-order valence-electron chi connectivity index (χ0n) is 8.97. The molecule has 0 spiro atoms. The van der Waals surface area contributed by atoms with Crippen molar-refractivity contribution >= 4 is 32.6 Å². The number of carbonyl (C=O) groups is 1. The van der Waals surface area contributed by atoms with Gasteiger partial charge in [0.25, 0.3) is 0 Å². The Bertz CT molecular complexity index is 554. The van der Waals surface area contributed by atoms with Gasteiger partial charge in [0.1, 0.15) is 0 Å². The van der Waals surface area contributed by atoms with Gasteiger partial charge >= 0.3 is 0 Å². The number of fused-ring (bicyclic) bond motifs is 1. The molecule has 0 aliphatic heterocycles. The van der Waals surface area contributed by atoms with Gasteiger partial charge in [0, 0.05) is 33.7 Å². The van der Waals surface area contributed by atoms with Crippen LogP contribution >= 0.6 is 15.9 Å². The molecule has 0 atom stereocenters. The van der Waals surface area contributed by atoms with Crippen molar-refractivity contribution in [2.45, 2.75) is 13.8 Å². The fourth-order valence-corrected chi connectivity index (χ4v) is 2.54. The van der Waals surface area contributed by atoms with Crippen LogP contribution in [-0.2, 0) is 7.05 Å². The minimum atomic E-state index is 0.104. The summed E-state index contributed by atoms with van der Waals surface area (Å²) in [5.41, 5.74) is 3.01. The fraction of sp³-hybridized carbons (Fsp3) is 0.250. The van der Waals surface area contributed by atoms with E-state index >= 15 is 0 Å². The molecule has 0 saturated carbocycles. The zero-order chi connectivity index (χ0) is 11.2. The summed E-state index contributed by atoms with van der Waals surface area (Å²) in [5, 5.41) is 1.02. The van der Waals surface area contributed by atoms with Crippen molar-refractivity contribution in [2.24, 2.45) is 7.05 Å². The number of halogens is 1. The van der Waals surface area contributed by atoms with Gasteiger partial charge in [-0.3, -0.25) is 4.79 Å². The Hall–Kier alpha value is -1.09. The number of hydrogen-bond donors (Lipinski definition) is 0. The van der Waals surface area contributed by atoms with Crippen molar-refractivity contribution in [2.75, 3.05) is 0 Å². The number of hydrogen-bond acceptors (Lipinski definition) is 1. The highest BCUT2D eigenvalue weighted by atomic mass is 79.9. The van der Waals surface area contributed by atoms with Gasteiger partial charge in [-0.05, 0) is 35.8 Å². The van der Waals surface area contributed by atoms with Crippen molar-refractivity contribution in [3.05, 3.63) is 33.9 Å². The number of ketones is 1. The molecule has 0 aliphatic carbocycles. The third-order valence-corrected chi connectivity index (χ3v) is 3.79. The van der Waals surface area contributed by atoms with Gasteiger partial charge in [-0.1, -0.05) is 12.1 Å². The van der Waals surface area contributed by atoms with Gasteiger partial charge in [0.2, 0.25) is 0 Å². The maximum atomic E-state index is 11.5. The first kappa shape index (κ1) is 10.4. The molecule has 1 aromatic heterocycles. The second kappa shape index (κ2) is 3.49. The predicted octanol–water partition coefficient (Wildman–Crippen LogP) is 3.45. The summed E-state index contributed by atoms with van der Waals surface area (Å²) in [4.78, 5) is 11.5. The molecule has 0 radical (unpaired) electrons. The van der Waals surface area contributed by atoms with Crippen LogP contribution in [0.15, 0.2) is 22.7 Å². The summed E-state index contributed by atoms with van der Waals surface area (Å²) in [6.45, 7) is 3.64. The number of benzene rings is 1. The van der Waals surface area contributed by atoms with Crippen molar-refractivity contribution in [1.82, 2.24) is 4.57 Å². The first-order valence-electron chi connectivity index (χ1n) is 4.78. The smallest absolute Gasteiger partial charge is 0.160 e. The molecule has 0 aliphatic rings. The summed E-state index contributed by atoms with van der Waals surface area (Å²) in [5.74, 6) is 0.104. The van der Waals surface area contributed by atoms with Crippen molar-refractivity contribution in [3.63, 3.8) is 0 Å². The average molecular weight is 266 g/mol. The average Bonchev–Trinajstić information content (AvgIpc) is 2.44. The molecule has 78 valence electrons. The van der Waals surface area contributed by atoms with Crippen LogP contribution in [0.2, 0.25) is 0 Å².